The van der Waals surface area contributed by atoms with Crippen molar-refractivity contribution in [1.29, 1.82) is 5.41 Å². The Labute approximate surface area is 125 Å². The molecule has 0 fully saturated rings. The van der Waals surface area contributed by atoms with Crippen LogP contribution in [0.3, 0.4) is 0 Å². The third-order valence-electron chi connectivity index (χ3n) is 3.20. The first kappa shape index (κ1) is 13.4. The third kappa shape index (κ3) is 2.00. The summed E-state index contributed by atoms with van der Waals surface area (Å²) in [6.45, 7) is 0. The molecule has 0 amide bonds. The lowest BCUT2D eigenvalue weighted by molar-refractivity contribution is -0.360. The van der Waals surface area contributed by atoms with Gasteiger partial charge >= 0.3 is 0 Å². The van der Waals surface area contributed by atoms with Gasteiger partial charge in [0.15, 0.2) is 5.70 Å². The molecule has 3 rings (SSSR count). The molecule has 0 saturated carbocycles. The number of allylic oxidation sites excluding steroid dienone is 1. The quantitative estimate of drug-likeness (QED) is 0.498. The number of halogens is 1. The molecule has 2 aromatic carbocycles. The Balaban J connectivity index is 2.37. The van der Waals surface area contributed by atoms with Crippen LogP contribution < -0.4 is 5.06 Å². The highest BCUT2D eigenvalue weighted by molar-refractivity contribution is 6.36. The van der Waals surface area contributed by atoms with Gasteiger partial charge in [-0.25, -0.2) is 0 Å². The van der Waals surface area contributed by atoms with Crippen LogP contribution in [0.1, 0.15) is 5.56 Å². The Morgan fingerprint density at radius 2 is 1.76 bits per heavy atom. The fraction of sp³-hybridized carbons (Fsp3) is 0. The zero-order valence-corrected chi connectivity index (χ0v) is 11.5. The van der Waals surface area contributed by atoms with Crippen molar-refractivity contribution >= 4 is 34.6 Å². The molecule has 0 aliphatic carbocycles. The van der Waals surface area contributed by atoms with E-state index in [-0.39, 0.29) is 22.8 Å². The summed E-state index contributed by atoms with van der Waals surface area (Å²) in [5, 5.41) is 33.2. The summed E-state index contributed by atoms with van der Waals surface area (Å²) in [4.78, 5) is 0. The molecule has 5 nitrogen and oxygen atoms in total. The van der Waals surface area contributed by atoms with Gasteiger partial charge in [0, 0.05) is 11.9 Å². The first-order valence-electron chi connectivity index (χ1n) is 6.10. The Kier molecular flexibility index (Phi) is 3.23. The predicted molar refractivity (Wildman–Crippen MR) is 82.4 cm³/mol. The zero-order chi connectivity index (χ0) is 15.0. The molecule has 0 saturated heterocycles. The first-order valence-corrected chi connectivity index (χ1v) is 6.48. The molecule has 0 unspecified atom stereocenters. The molecule has 6 heteroatoms. The second kappa shape index (κ2) is 5.07. The number of hydroxylamine groups is 1. The van der Waals surface area contributed by atoms with E-state index in [0.29, 0.717) is 20.4 Å². The fourth-order valence-corrected chi connectivity index (χ4v) is 2.47. The molecule has 2 aromatic rings. The van der Waals surface area contributed by atoms with Crippen LogP contribution in [-0.4, -0.2) is 16.3 Å². The molecule has 0 atom stereocenters. The maximum Gasteiger partial charge on any atom is 0.258 e. The van der Waals surface area contributed by atoms with Crippen molar-refractivity contribution in [3.05, 3.63) is 75.2 Å². The van der Waals surface area contributed by atoms with E-state index in [1.807, 2.05) is 5.87 Å². The minimum atomic E-state index is -0.170. The van der Waals surface area contributed by atoms with Crippen LogP contribution in [0, 0.1) is 15.8 Å². The van der Waals surface area contributed by atoms with Gasteiger partial charge in [-0.1, -0.05) is 35.9 Å². The number of benzene rings is 2. The van der Waals surface area contributed by atoms with E-state index >= 15 is 0 Å². The van der Waals surface area contributed by atoms with Gasteiger partial charge in [-0.05, 0) is 18.2 Å². The largest absolute Gasteiger partial charge is 0.753 e. The topological polar surface area (TPSA) is 76.2 Å². The van der Waals surface area contributed by atoms with E-state index in [1.165, 1.54) is 6.07 Å². The average Bonchev–Trinajstić information content (AvgIpc) is 2.51. The SMILES string of the molecule is N=C=C1C(c2ccccc2Cl)=[N+]([O-])c2ccccc2N1[O-]. The minimum Gasteiger partial charge on any atom is -0.753 e. The Bertz CT molecular complexity index is 810. The summed E-state index contributed by atoms with van der Waals surface area (Å²) in [6, 6.07) is 13.1. The number of anilines is 1. The molecule has 0 radical (unpaired) electrons. The summed E-state index contributed by atoms with van der Waals surface area (Å²) < 4.78 is 0.613. The van der Waals surface area contributed by atoms with Crippen LogP contribution >= 0.6 is 11.6 Å². The number of nitrogens with one attached hydrogen (secondary N) is 1. The number of nitrogens with zero attached hydrogens (tertiary/aromatic N) is 2. The Morgan fingerprint density at radius 3 is 2.48 bits per heavy atom. The number of para-hydroxylation sites is 2. The molecule has 1 N–H and O–H groups in total. The summed E-state index contributed by atoms with van der Waals surface area (Å²) in [5.41, 5.74) is 0.625. The number of fused-ring (bicyclic) bond motifs is 1. The van der Waals surface area contributed by atoms with Crippen LogP contribution in [0.25, 0.3) is 0 Å². The van der Waals surface area contributed by atoms with Crippen molar-refractivity contribution in [2.24, 2.45) is 0 Å². The van der Waals surface area contributed by atoms with Crippen LogP contribution in [0.4, 0.5) is 11.4 Å². The third-order valence-corrected chi connectivity index (χ3v) is 3.53. The van der Waals surface area contributed by atoms with Gasteiger partial charge in [-0.2, -0.15) is 4.74 Å². The van der Waals surface area contributed by atoms with E-state index in [9.17, 15) is 10.4 Å². The van der Waals surface area contributed by atoms with Crippen molar-refractivity contribution in [1.82, 2.24) is 0 Å². The van der Waals surface area contributed by atoms with E-state index in [2.05, 4.69) is 0 Å². The molecule has 1 aliphatic rings. The van der Waals surface area contributed by atoms with Crippen LogP contribution in [0.5, 0.6) is 0 Å². The lowest BCUT2D eigenvalue weighted by atomic mass is 10.0. The highest BCUT2D eigenvalue weighted by Gasteiger charge is 2.31. The lowest BCUT2D eigenvalue weighted by Gasteiger charge is -2.35. The normalized spacial score (nSPS) is 14.0. The smallest absolute Gasteiger partial charge is 0.258 e. The van der Waals surface area contributed by atoms with Gasteiger partial charge in [-0.15, -0.1) is 0 Å². The molecule has 0 spiro atoms. The van der Waals surface area contributed by atoms with E-state index in [0.717, 1.165) is 0 Å². The maximum atomic E-state index is 12.6. The monoisotopic (exact) mass is 298 g/mol. The van der Waals surface area contributed by atoms with Gasteiger partial charge in [-0.3, -0.25) is 5.41 Å². The summed E-state index contributed by atoms with van der Waals surface area (Å²) in [6.07, 6.45) is 0. The van der Waals surface area contributed by atoms with Crippen molar-refractivity contribution in [2.75, 3.05) is 5.06 Å². The molecule has 1 heterocycles. The molecule has 1 aliphatic heterocycles. The van der Waals surface area contributed by atoms with Gasteiger partial charge in [0.2, 0.25) is 5.69 Å². The van der Waals surface area contributed by atoms with E-state index in [4.69, 9.17) is 17.0 Å². The Hall–Kier alpha value is -2.59. The fourth-order valence-electron chi connectivity index (χ4n) is 2.24. The zero-order valence-electron chi connectivity index (χ0n) is 10.7. The summed E-state index contributed by atoms with van der Waals surface area (Å²) in [7, 11) is 0. The molecular weight excluding hydrogens is 290 g/mol. The second-order valence-electron chi connectivity index (χ2n) is 4.38. The highest BCUT2D eigenvalue weighted by Crippen LogP contribution is 2.36. The first-order chi connectivity index (χ1) is 10.1. The van der Waals surface area contributed by atoms with E-state index in [1.54, 1.807) is 42.5 Å². The van der Waals surface area contributed by atoms with Crippen LogP contribution in [-0.2, 0) is 0 Å². The van der Waals surface area contributed by atoms with Gasteiger partial charge < -0.3 is 15.5 Å². The van der Waals surface area contributed by atoms with Gasteiger partial charge in [0.1, 0.15) is 5.69 Å². The van der Waals surface area contributed by atoms with E-state index < -0.39 is 0 Å². The molecular formula is C15H9ClN3O2-. The lowest BCUT2D eigenvalue weighted by Crippen LogP contribution is -2.32. The summed E-state index contributed by atoms with van der Waals surface area (Å²) >= 11 is 6.11. The second-order valence-corrected chi connectivity index (χ2v) is 4.79. The maximum absolute atomic E-state index is 12.6. The molecule has 21 heavy (non-hydrogen) atoms. The number of rotatable bonds is 1. The number of hydrogen-bond donors (Lipinski definition) is 1. The predicted octanol–water partition coefficient (Wildman–Crippen LogP) is 3.42. The Morgan fingerprint density at radius 1 is 1.10 bits per heavy atom. The molecule has 104 valence electrons. The van der Waals surface area contributed by atoms with Crippen LogP contribution in [0.2, 0.25) is 5.02 Å². The molecule has 0 aromatic heterocycles. The molecule has 0 bridgehead atoms. The number of hydrogen-bond acceptors (Lipinski definition) is 4. The highest BCUT2D eigenvalue weighted by atomic mass is 35.5. The average molecular weight is 299 g/mol. The minimum absolute atomic E-state index is 0.0179. The van der Waals surface area contributed by atoms with Crippen molar-refractivity contribution in [3.63, 3.8) is 0 Å². The van der Waals surface area contributed by atoms with Gasteiger partial charge in [0.05, 0.1) is 10.6 Å². The van der Waals surface area contributed by atoms with Crippen LogP contribution in [0.15, 0.2) is 54.2 Å². The standard InChI is InChI=1S/C15H9ClN3O2/c16-11-6-2-1-5-10(11)15-14(9-17)18(20)12-7-3-4-8-13(12)19(15)21/h1-8,17H/q-1. The van der Waals surface area contributed by atoms with Crippen molar-refractivity contribution in [3.8, 4) is 0 Å². The summed E-state index contributed by atoms with van der Waals surface area (Å²) in [5.74, 6) is 2.04. The van der Waals surface area contributed by atoms with Crippen molar-refractivity contribution < 1.29 is 4.74 Å². The van der Waals surface area contributed by atoms with Crippen molar-refractivity contribution in [2.45, 2.75) is 0 Å². The van der Waals surface area contributed by atoms with Gasteiger partial charge in [0.25, 0.3) is 5.71 Å².